The van der Waals surface area contributed by atoms with Crippen LogP contribution < -0.4 is 4.90 Å². The molecule has 3 fully saturated rings. The number of amides is 3. The molecule has 45 heavy (non-hydrogen) atoms. The van der Waals surface area contributed by atoms with Crippen molar-refractivity contribution in [3.8, 4) is 0 Å². The Kier molecular flexibility index (Phi) is 9.65. The summed E-state index contributed by atoms with van der Waals surface area (Å²) in [5.41, 5.74) is 2.47. The zero-order chi connectivity index (χ0) is 32.5. The highest BCUT2D eigenvalue weighted by atomic mass is 16.5. The second-order valence-electron chi connectivity index (χ2n) is 13.0. The molecule has 2 bridgehead atoms. The zero-order valence-electron chi connectivity index (χ0n) is 27.0. The number of ether oxygens (including phenoxy) is 1. The molecular weight excluding hydrogens is 566 g/mol. The van der Waals surface area contributed by atoms with Crippen LogP contribution in [-0.2, 0) is 25.7 Å². The average molecular weight is 614 g/mol. The molecule has 3 aliphatic heterocycles. The van der Waals surface area contributed by atoms with Gasteiger partial charge < -0.3 is 24.5 Å². The number of aliphatic hydroxyl groups excluding tert-OH is 1. The zero-order valence-corrected chi connectivity index (χ0v) is 27.0. The fourth-order valence-electron chi connectivity index (χ4n) is 7.82. The summed E-state index contributed by atoms with van der Waals surface area (Å²) in [4.78, 5) is 49.2. The lowest BCUT2D eigenvalue weighted by Gasteiger charge is -2.41. The van der Waals surface area contributed by atoms with Gasteiger partial charge in [-0.25, -0.2) is 0 Å². The molecule has 0 aliphatic carbocycles. The third-order valence-electron chi connectivity index (χ3n) is 10.2. The largest absolute Gasteiger partial charge is 0.394 e. The van der Waals surface area contributed by atoms with Gasteiger partial charge in [-0.2, -0.15) is 0 Å². The standard InChI is InChI=1S/C37H47N3O5/c1-7-19-38(22-27-13-11-10-12-14-27)34(42)31-30-17-18-37(45-30)32(31)35(43)40(29(23-41)25(5)9-3)33(37)36(44)39(20-8-2)28-21-24(4)15-16-26(28)6/h7-8,10-16,21,25,29-33,41H,1-2,9,17-20,22-23H2,3-6H3/t25-,29-,30-,31+,32-,33?,37?/m0/s1. The van der Waals surface area contributed by atoms with E-state index >= 15 is 0 Å². The van der Waals surface area contributed by atoms with E-state index in [1.54, 1.807) is 26.9 Å². The fourth-order valence-corrected chi connectivity index (χ4v) is 7.82. The molecule has 0 aromatic heterocycles. The van der Waals surface area contributed by atoms with Gasteiger partial charge in [-0.1, -0.05) is 74.9 Å². The van der Waals surface area contributed by atoms with Crippen LogP contribution in [0.15, 0.2) is 73.8 Å². The van der Waals surface area contributed by atoms with E-state index in [0.29, 0.717) is 32.4 Å². The van der Waals surface area contributed by atoms with E-state index in [2.05, 4.69) is 13.2 Å². The van der Waals surface area contributed by atoms with Crippen molar-refractivity contribution in [2.24, 2.45) is 17.8 Å². The van der Waals surface area contributed by atoms with Crippen LogP contribution in [0.2, 0.25) is 0 Å². The van der Waals surface area contributed by atoms with Crippen molar-refractivity contribution in [3.63, 3.8) is 0 Å². The minimum Gasteiger partial charge on any atom is -0.394 e. The van der Waals surface area contributed by atoms with Gasteiger partial charge in [0, 0.05) is 25.3 Å². The molecule has 5 rings (SSSR count). The molecule has 1 spiro atoms. The molecule has 0 saturated carbocycles. The minimum atomic E-state index is -1.18. The first-order valence-electron chi connectivity index (χ1n) is 16.2. The Hall–Kier alpha value is -3.75. The number of aryl methyl sites for hydroxylation is 2. The van der Waals surface area contributed by atoms with Crippen LogP contribution in [-0.4, -0.2) is 76.1 Å². The molecule has 240 valence electrons. The van der Waals surface area contributed by atoms with Gasteiger partial charge in [0.1, 0.15) is 11.6 Å². The van der Waals surface area contributed by atoms with Crippen molar-refractivity contribution in [2.75, 3.05) is 24.6 Å². The number of hydrogen-bond acceptors (Lipinski definition) is 5. The fraction of sp³-hybridized carbons (Fsp3) is 0.486. The van der Waals surface area contributed by atoms with E-state index < -0.39 is 35.6 Å². The van der Waals surface area contributed by atoms with Gasteiger partial charge in [0.2, 0.25) is 11.8 Å². The molecular formula is C37H47N3O5. The lowest BCUT2D eigenvalue weighted by molar-refractivity contribution is -0.148. The second-order valence-corrected chi connectivity index (χ2v) is 13.0. The van der Waals surface area contributed by atoms with Crippen LogP contribution in [0, 0.1) is 31.6 Å². The van der Waals surface area contributed by atoms with Crippen molar-refractivity contribution in [3.05, 3.63) is 90.5 Å². The molecule has 3 aliphatic rings. The normalized spacial score (nSPS) is 26.3. The summed E-state index contributed by atoms with van der Waals surface area (Å²) in [7, 11) is 0. The van der Waals surface area contributed by atoms with Crippen molar-refractivity contribution in [2.45, 2.75) is 77.3 Å². The Bertz CT molecular complexity index is 1440. The highest BCUT2D eigenvalue weighted by molar-refractivity contribution is 6.05. The Morgan fingerprint density at radius 2 is 1.82 bits per heavy atom. The molecule has 0 radical (unpaired) electrons. The van der Waals surface area contributed by atoms with Crippen molar-refractivity contribution in [1.29, 1.82) is 0 Å². The summed E-state index contributed by atoms with van der Waals surface area (Å²) >= 11 is 0. The number of carbonyl (C=O) groups excluding carboxylic acids is 3. The van der Waals surface area contributed by atoms with Crippen LogP contribution in [0.3, 0.4) is 0 Å². The van der Waals surface area contributed by atoms with E-state index in [1.807, 2.05) is 76.2 Å². The SMILES string of the molecule is C=CCN(Cc1ccccc1)C(=O)[C@@H]1[C@@H]2CCC3(O2)C(C(=O)N(CC=C)c2cc(C)ccc2C)N([C@@H](CO)[C@@H](C)CC)C(=O)[C@H]13. The van der Waals surface area contributed by atoms with Crippen LogP contribution in [0.1, 0.15) is 49.8 Å². The first kappa shape index (κ1) is 32.6. The number of carbonyl (C=O) groups is 3. The number of aliphatic hydroxyl groups is 1. The predicted molar refractivity (Wildman–Crippen MR) is 175 cm³/mol. The number of nitrogens with zero attached hydrogens (tertiary/aromatic N) is 3. The molecule has 2 aromatic rings. The monoisotopic (exact) mass is 613 g/mol. The Labute approximate surface area is 267 Å². The molecule has 7 atom stereocenters. The Morgan fingerprint density at radius 1 is 1.11 bits per heavy atom. The van der Waals surface area contributed by atoms with E-state index in [4.69, 9.17) is 4.74 Å². The molecule has 3 saturated heterocycles. The smallest absolute Gasteiger partial charge is 0.253 e. The van der Waals surface area contributed by atoms with Crippen LogP contribution in [0.25, 0.3) is 0 Å². The van der Waals surface area contributed by atoms with Gasteiger partial charge in [-0.3, -0.25) is 14.4 Å². The molecule has 1 N–H and O–H groups in total. The maximum atomic E-state index is 15.0. The number of anilines is 1. The molecule has 2 aromatic carbocycles. The maximum Gasteiger partial charge on any atom is 0.253 e. The number of fused-ring (bicyclic) bond motifs is 1. The summed E-state index contributed by atoms with van der Waals surface area (Å²) in [5, 5.41) is 10.7. The third kappa shape index (κ3) is 5.63. The summed E-state index contributed by atoms with van der Waals surface area (Å²) in [6.07, 6.45) is 4.67. The molecule has 3 amide bonds. The van der Waals surface area contributed by atoms with Crippen LogP contribution in [0.4, 0.5) is 5.69 Å². The first-order chi connectivity index (χ1) is 21.6. The number of hydrogen-bond donors (Lipinski definition) is 1. The van der Waals surface area contributed by atoms with Crippen LogP contribution >= 0.6 is 0 Å². The van der Waals surface area contributed by atoms with Gasteiger partial charge in [-0.05, 0) is 55.4 Å². The van der Waals surface area contributed by atoms with Gasteiger partial charge in [0.05, 0.1) is 30.6 Å². The van der Waals surface area contributed by atoms with Crippen molar-refractivity contribution in [1.82, 2.24) is 9.80 Å². The van der Waals surface area contributed by atoms with E-state index in [9.17, 15) is 19.5 Å². The minimum absolute atomic E-state index is 0.0836. The number of benzene rings is 2. The molecule has 3 heterocycles. The van der Waals surface area contributed by atoms with E-state index in [1.165, 1.54) is 0 Å². The summed E-state index contributed by atoms with van der Waals surface area (Å²) in [6.45, 7) is 16.4. The summed E-state index contributed by atoms with van der Waals surface area (Å²) in [5.74, 6) is -2.38. The quantitative estimate of drug-likeness (QED) is 0.328. The predicted octanol–water partition coefficient (Wildman–Crippen LogP) is 4.82. The topological polar surface area (TPSA) is 90.4 Å². The average Bonchev–Trinajstić information content (AvgIpc) is 3.68. The Morgan fingerprint density at radius 3 is 2.47 bits per heavy atom. The lowest BCUT2D eigenvalue weighted by Crippen LogP contribution is -2.60. The lowest BCUT2D eigenvalue weighted by atomic mass is 9.70. The van der Waals surface area contributed by atoms with Crippen molar-refractivity contribution < 1.29 is 24.2 Å². The van der Waals surface area contributed by atoms with Crippen LogP contribution in [0.5, 0.6) is 0 Å². The number of likely N-dealkylation sites (tertiary alicyclic amines) is 1. The highest BCUT2D eigenvalue weighted by Gasteiger charge is 2.75. The van der Waals surface area contributed by atoms with Gasteiger partial charge in [0.15, 0.2) is 0 Å². The van der Waals surface area contributed by atoms with Gasteiger partial charge in [-0.15, -0.1) is 13.2 Å². The summed E-state index contributed by atoms with van der Waals surface area (Å²) < 4.78 is 6.77. The Balaban J connectivity index is 1.60. The van der Waals surface area contributed by atoms with Gasteiger partial charge >= 0.3 is 0 Å². The second kappa shape index (κ2) is 13.3. The maximum absolute atomic E-state index is 15.0. The highest BCUT2D eigenvalue weighted by Crippen LogP contribution is 2.59. The van der Waals surface area contributed by atoms with E-state index in [-0.39, 0.29) is 36.8 Å². The summed E-state index contributed by atoms with van der Waals surface area (Å²) in [6, 6.07) is 14.1. The molecule has 2 unspecified atom stereocenters. The van der Waals surface area contributed by atoms with Gasteiger partial charge in [0.25, 0.3) is 5.91 Å². The molecule has 8 heteroatoms. The number of rotatable bonds is 13. The first-order valence-corrected chi connectivity index (χ1v) is 16.2. The van der Waals surface area contributed by atoms with Crippen molar-refractivity contribution >= 4 is 23.4 Å². The third-order valence-corrected chi connectivity index (χ3v) is 10.2. The molecule has 8 nitrogen and oxygen atoms in total. The van der Waals surface area contributed by atoms with E-state index in [0.717, 1.165) is 22.4 Å².